The van der Waals surface area contributed by atoms with Gasteiger partial charge >= 0.3 is 11.9 Å². The van der Waals surface area contributed by atoms with Gasteiger partial charge in [0, 0.05) is 13.6 Å². The molecule has 1 aliphatic carbocycles. The zero-order valence-corrected chi connectivity index (χ0v) is 13.4. The van der Waals surface area contributed by atoms with Crippen LogP contribution in [-0.4, -0.2) is 55.7 Å². The molecule has 122 valence electrons. The number of methoxy groups -OCH3 is 1. The number of aliphatic carboxylic acids is 1. The monoisotopic (exact) mass is 321 g/mol. The first-order valence-corrected chi connectivity index (χ1v) is 8.48. The van der Waals surface area contributed by atoms with Gasteiger partial charge in [-0.3, -0.25) is 9.59 Å². The summed E-state index contributed by atoms with van der Waals surface area (Å²) in [6.45, 7) is 1.34. The van der Waals surface area contributed by atoms with Crippen molar-refractivity contribution >= 4 is 22.0 Å². The zero-order valence-electron chi connectivity index (χ0n) is 12.6. The van der Waals surface area contributed by atoms with Gasteiger partial charge in [-0.2, -0.15) is 0 Å². The van der Waals surface area contributed by atoms with Gasteiger partial charge in [-0.15, -0.1) is 0 Å². The number of hydrogen-bond acceptors (Lipinski definition) is 5. The summed E-state index contributed by atoms with van der Waals surface area (Å²) in [5.41, 5.74) is 0. The minimum atomic E-state index is -3.73. The molecule has 0 spiro atoms. The van der Waals surface area contributed by atoms with Crippen molar-refractivity contribution in [1.82, 2.24) is 4.31 Å². The Kier molecular flexibility index (Phi) is 6.15. The van der Waals surface area contributed by atoms with Gasteiger partial charge in [0.05, 0.1) is 24.2 Å². The number of hydrogen-bond donors (Lipinski definition) is 1. The third kappa shape index (κ3) is 4.16. The minimum absolute atomic E-state index is 0.109. The van der Waals surface area contributed by atoms with E-state index in [0.29, 0.717) is 12.8 Å². The second kappa shape index (κ2) is 7.22. The molecule has 0 heterocycles. The first-order valence-electron chi connectivity index (χ1n) is 6.97. The van der Waals surface area contributed by atoms with Gasteiger partial charge in [0.2, 0.25) is 10.0 Å². The van der Waals surface area contributed by atoms with Gasteiger partial charge in [0.25, 0.3) is 0 Å². The van der Waals surface area contributed by atoms with Gasteiger partial charge in [0.15, 0.2) is 0 Å². The van der Waals surface area contributed by atoms with Crippen molar-refractivity contribution in [2.24, 2.45) is 11.8 Å². The van der Waals surface area contributed by atoms with E-state index in [9.17, 15) is 18.0 Å². The first-order chi connectivity index (χ1) is 9.71. The van der Waals surface area contributed by atoms with E-state index < -0.39 is 39.0 Å². The Morgan fingerprint density at radius 2 is 1.90 bits per heavy atom. The maximum atomic E-state index is 12.6. The topological polar surface area (TPSA) is 101 Å². The molecule has 1 saturated carbocycles. The molecule has 8 heteroatoms. The van der Waals surface area contributed by atoms with Gasteiger partial charge in [-0.1, -0.05) is 19.8 Å². The maximum Gasteiger partial charge on any atom is 0.310 e. The fraction of sp³-hybridized carbons (Fsp3) is 0.846. The minimum Gasteiger partial charge on any atom is -0.481 e. The van der Waals surface area contributed by atoms with Gasteiger partial charge in [0.1, 0.15) is 0 Å². The number of rotatable bonds is 6. The van der Waals surface area contributed by atoms with Crippen molar-refractivity contribution in [3.05, 3.63) is 0 Å². The van der Waals surface area contributed by atoms with Crippen molar-refractivity contribution in [2.45, 2.75) is 37.9 Å². The van der Waals surface area contributed by atoms with Crippen LogP contribution in [0.1, 0.15) is 32.6 Å². The molecule has 0 saturated heterocycles. The summed E-state index contributed by atoms with van der Waals surface area (Å²) >= 11 is 0. The average molecular weight is 321 g/mol. The Morgan fingerprint density at radius 3 is 2.43 bits per heavy atom. The number of carbonyl (C=O) groups is 2. The molecule has 3 atom stereocenters. The molecule has 1 aliphatic rings. The van der Waals surface area contributed by atoms with Crippen LogP contribution in [0.3, 0.4) is 0 Å². The van der Waals surface area contributed by atoms with Crippen LogP contribution in [0.2, 0.25) is 0 Å². The Hall–Kier alpha value is -1.15. The molecule has 1 N–H and O–H groups in total. The van der Waals surface area contributed by atoms with Crippen molar-refractivity contribution in [1.29, 1.82) is 0 Å². The first kappa shape index (κ1) is 17.9. The highest BCUT2D eigenvalue weighted by Crippen LogP contribution is 2.32. The van der Waals surface area contributed by atoms with Crippen molar-refractivity contribution in [3.8, 4) is 0 Å². The summed E-state index contributed by atoms with van der Waals surface area (Å²) in [5.74, 6) is -3.03. The highest BCUT2D eigenvalue weighted by Gasteiger charge is 2.42. The predicted octanol–water partition coefficient (Wildman–Crippen LogP) is 0.701. The summed E-state index contributed by atoms with van der Waals surface area (Å²) in [6, 6.07) is 0. The number of carbonyl (C=O) groups excluding carboxylic acids is 1. The van der Waals surface area contributed by atoms with Crippen LogP contribution in [0.25, 0.3) is 0 Å². The Morgan fingerprint density at radius 1 is 1.33 bits per heavy atom. The Labute approximate surface area is 125 Å². The fourth-order valence-electron chi connectivity index (χ4n) is 2.67. The van der Waals surface area contributed by atoms with E-state index >= 15 is 0 Å². The molecular weight excluding hydrogens is 298 g/mol. The largest absolute Gasteiger partial charge is 0.481 e. The van der Waals surface area contributed by atoms with Crippen LogP contribution < -0.4 is 0 Å². The lowest BCUT2D eigenvalue weighted by atomic mass is 9.89. The molecule has 7 nitrogen and oxygen atoms in total. The molecule has 0 aromatic carbocycles. The molecule has 1 rings (SSSR count). The normalized spacial score (nSPS) is 24.6. The molecular formula is C13H23NO6S. The number of nitrogens with zero attached hydrogens (tertiary/aromatic N) is 1. The van der Waals surface area contributed by atoms with Crippen LogP contribution in [0, 0.1) is 11.8 Å². The van der Waals surface area contributed by atoms with E-state index in [-0.39, 0.29) is 6.54 Å². The average Bonchev–Trinajstić information content (AvgIpc) is 2.46. The van der Waals surface area contributed by atoms with Crippen molar-refractivity contribution < 1.29 is 27.9 Å². The second-order valence-corrected chi connectivity index (χ2v) is 7.78. The van der Waals surface area contributed by atoms with E-state index in [4.69, 9.17) is 9.84 Å². The Bertz CT molecular complexity index is 489. The second-order valence-electron chi connectivity index (χ2n) is 5.52. The number of sulfonamides is 1. The van der Waals surface area contributed by atoms with E-state index in [1.807, 2.05) is 0 Å². The van der Waals surface area contributed by atoms with E-state index in [2.05, 4.69) is 0 Å². The molecule has 0 aromatic heterocycles. The molecule has 0 aliphatic heterocycles. The fourth-order valence-corrected chi connectivity index (χ4v) is 4.69. The number of esters is 1. The lowest BCUT2D eigenvalue weighted by molar-refractivity contribution is -0.146. The van der Waals surface area contributed by atoms with Crippen LogP contribution in [-0.2, 0) is 24.3 Å². The van der Waals surface area contributed by atoms with E-state index in [1.54, 1.807) is 0 Å². The smallest absolute Gasteiger partial charge is 0.310 e. The molecule has 0 aromatic rings. The predicted molar refractivity (Wildman–Crippen MR) is 76.1 cm³/mol. The van der Waals surface area contributed by atoms with Crippen molar-refractivity contribution in [2.75, 3.05) is 20.7 Å². The summed E-state index contributed by atoms with van der Waals surface area (Å²) in [4.78, 5) is 22.6. The van der Waals surface area contributed by atoms with Crippen LogP contribution >= 0.6 is 0 Å². The van der Waals surface area contributed by atoms with Crippen LogP contribution in [0.4, 0.5) is 0 Å². The van der Waals surface area contributed by atoms with Crippen molar-refractivity contribution in [3.63, 3.8) is 0 Å². The van der Waals surface area contributed by atoms with E-state index in [1.165, 1.54) is 21.1 Å². The third-order valence-electron chi connectivity index (χ3n) is 3.98. The van der Waals surface area contributed by atoms with Crippen LogP contribution in [0.15, 0.2) is 0 Å². The molecule has 0 bridgehead atoms. The summed E-state index contributed by atoms with van der Waals surface area (Å²) in [6.07, 6.45) is 2.41. The quantitative estimate of drug-likeness (QED) is 0.723. The van der Waals surface area contributed by atoms with Crippen LogP contribution in [0.5, 0.6) is 0 Å². The SMILES string of the molecule is COC(=O)C1CCCCC1S(=O)(=O)N(C)CC(C)C(=O)O. The zero-order chi connectivity index (χ0) is 16.2. The summed E-state index contributed by atoms with van der Waals surface area (Å²) < 4.78 is 31.0. The third-order valence-corrected chi connectivity index (χ3v) is 6.32. The van der Waals surface area contributed by atoms with Gasteiger partial charge in [-0.05, 0) is 12.8 Å². The molecule has 3 unspecified atom stereocenters. The Balaban J connectivity index is 2.92. The number of carboxylic acid groups (broad SMARTS) is 1. The highest BCUT2D eigenvalue weighted by atomic mass is 32.2. The molecule has 1 fully saturated rings. The molecule has 0 amide bonds. The molecule has 0 radical (unpaired) electrons. The molecule has 21 heavy (non-hydrogen) atoms. The number of ether oxygens (including phenoxy) is 1. The van der Waals surface area contributed by atoms with E-state index in [0.717, 1.165) is 17.1 Å². The van der Waals surface area contributed by atoms with Gasteiger partial charge < -0.3 is 9.84 Å². The highest BCUT2D eigenvalue weighted by molar-refractivity contribution is 7.89. The summed E-state index contributed by atoms with van der Waals surface area (Å²) in [7, 11) is -1.12. The maximum absolute atomic E-state index is 12.6. The lowest BCUT2D eigenvalue weighted by Gasteiger charge is -2.32. The van der Waals surface area contributed by atoms with Gasteiger partial charge in [-0.25, -0.2) is 12.7 Å². The standard InChI is InChI=1S/C13H23NO6S/c1-9(12(15)16)8-14(2)21(18,19)11-7-5-4-6-10(11)13(17)20-3/h9-11H,4-8H2,1-3H3,(H,15,16). The summed E-state index contributed by atoms with van der Waals surface area (Å²) in [5, 5.41) is 8.06. The number of carboxylic acids is 1. The lowest BCUT2D eigenvalue weighted by Crippen LogP contribution is -2.46.